The quantitative estimate of drug-likeness (QED) is 0.719. The van der Waals surface area contributed by atoms with Crippen molar-refractivity contribution in [2.45, 2.75) is 75.8 Å². The van der Waals surface area contributed by atoms with Crippen molar-refractivity contribution in [1.82, 2.24) is 5.32 Å². The van der Waals surface area contributed by atoms with Crippen molar-refractivity contribution < 1.29 is 0 Å². The summed E-state index contributed by atoms with van der Waals surface area (Å²) in [4.78, 5) is 0. The average molecular weight is 229 g/mol. The van der Waals surface area contributed by atoms with E-state index in [0.717, 1.165) is 23.1 Å². The summed E-state index contributed by atoms with van der Waals surface area (Å²) in [5.74, 6) is 0. The van der Waals surface area contributed by atoms with E-state index >= 15 is 0 Å². The first kappa shape index (κ1) is 13.4. The molecular weight excluding hydrogens is 202 g/mol. The van der Waals surface area contributed by atoms with Crippen LogP contribution >= 0.6 is 11.8 Å². The van der Waals surface area contributed by atoms with E-state index in [4.69, 9.17) is 0 Å². The summed E-state index contributed by atoms with van der Waals surface area (Å²) in [5.41, 5.74) is 0. The third kappa shape index (κ3) is 4.78. The van der Waals surface area contributed by atoms with Gasteiger partial charge in [-0.25, -0.2) is 0 Å². The Hall–Kier alpha value is 0.310. The fourth-order valence-corrected chi connectivity index (χ4v) is 3.84. The van der Waals surface area contributed by atoms with Crippen LogP contribution in [-0.4, -0.2) is 23.1 Å². The molecule has 90 valence electrons. The molecule has 0 spiro atoms. The lowest BCUT2D eigenvalue weighted by molar-refractivity contribution is 0.481. The van der Waals surface area contributed by atoms with Gasteiger partial charge in [0.25, 0.3) is 0 Å². The predicted molar refractivity (Wildman–Crippen MR) is 71.7 cm³/mol. The second-order valence-electron chi connectivity index (χ2n) is 4.70. The molecule has 1 aliphatic carbocycles. The summed E-state index contributed by atoms with van der Waals surface area (Å²) >= 11 is 2.22. The standard InChI is InChI=1S/C13H27NS/c1-4-11(3)15-13-10-8-6-7-9-12(13)14-5-2/h11-14H,4-10H2,1-3H3. The highest BCUT2D eigenvalue weighted by Gasteiger charge is 2.24. The first-order valence-electron chi connectivity index (χ1n) is 6.66. The number of rotatable bonds is 5. The van der Waals surface area contributed by atoms with Crippen LogP contribution in [0.15, 0.2) is 0 Å². The van der Waals surface area contributed by atoms with E-state index in [1.807, 2.05) is 0 Å². The van der Waals surface area contributed by atoms with Crippen molar-refractivity contribution in [3.8, 4) is 0 Å². The Morgan fingerprint density at radius 3 is 2.60 bits per heavy atom. The van der Waals surface area contributed by atoms with Gasteiger partial charge in [0.1, 0.15) is 0 Å². The van der Waals surface area contributed by atoms with Gasteiger partial charge in [-0.3, -0.25) is 0 Å². The van der Waals surface area contributed by atoms with Gasteiger partial charge in [0.2, 0.25) is 0 Å². The summed E-state index contributed by atoms with van der Waals surface area (Å²) in [6.07, 6.45) is 8.43. The van der Waals surface area contributed by atoms with E-state index in [9.17, 15) is 0 Å². The van der Waals surface area contributed by atoms with Crippen LogP contribution in [0.5, 0.6) is 0 Å². The first-order chi connectivity index (χ1) is 7.27. The van der Waals surface area contributed by atoms with Crippen molar-refractivity contribution in [3.63, 3.8) is 0 Å². The topological polar surface area (TPSA) is 12.0 Å². The lowest BCUT2D eigenvalue weighted by atomic mass is 10.1. The Morgan fingerprint density at radius 1 is 1.20 bits per heavy atom. The van der Waals surface area contributed by atoms with E-state index in [1.165, 1.54) is 38.5 Å². The van der Waals surface area contributed by atoms with Gasteiger partial charge >= 0.3 is 0 Å². The van der Waals surface area contributed by atoms with Gasteiger partial charge in [-0.05, 0) is 25.8 Å². The maximum absolute atomic E-state index is 3.68. The molecule has 0 bridgehead atoms. The summed E-state index contributed by atoms with van der Waals surface area (Å²) in [6.45, 7) is 8.04. The molecule has 15 heavy (non-hydrogen) atoms. The average Bonchev–Trinajstić information content (AvgIpc) is 2.45. The molecule has 2 heteroatoms. The van der Waals surface area contributed by atoms with Gasteiger partial charge in [-0.15, -0.1) is 0 Å². The molecule has 3 atom stereocenters. The smallest absolute Gasteiger partial charge is 0.0203 e. The molecular formula is C13H27NS. The lowest BCUT2D eigenvalue weighted by Gasteiger charge is -2.27. The monoisotopic (exact) mass is 229 g/mol. The molecule has 0 amide bonds. The highest BCUT2D eigenvalue weighted by atomic mass is 32.2. The van der Waals surface area contributed by atoms with Crippen LogP contribution in [0.1, 0.15) is 59.3 Å². The Kier molecular flexibility index (Phi) is 6.74. The van der Waals surface area contributed by atoms with Gasteiger partial charge in [-0.1, -0.05) is 40.0 Å². The summed E-state index contributed by atoms with van der Waals surface area (Å²) < 4.78 is 0. The molecule has 0 aliphatic heterocycles. The normalized spacial score (nSPS) is 29.8. The van der Waals surface area contributed by atoms with Crippen LogP contribution in [0.4, 0.5) is 0 Å². The maximum atomic E-state index is 3.68. The Labute approximate surface area is 99.8 Å². The molecule has 0 saturated heterocycles. The molecule has 0 aromatic heterocycles. The van der Waals surface area contributed by atoms with Gasteiger partial charge in [0.05, 0.1) is 0 Å². The minimum atomic E-state index is 0.775. The molecule has 0 aromatic carbocycles. The number of nitrogens with one attached hydrogen (secondary N) is 1. The van der Waals surface area contributed by atoms with Gasteiger partial charge in [0, 0.05) is 16.5 Å². The first-order valence-corrected chi connectivity index (χ1v) is 7.61. The van der Waals surface area contributed by atoms with Crippen molar-refractivity contribution in [1.29, 1.82) is 0 Å². The van der Waals surface area contributed by atoms with Gasteiger partial charge in [-0.2, -0.15) is 11.8 Å². The molecule has 1 N–H and O–H groups in total. The maximum Gasteiger partial charge on any atom is 0.0203 e. The minimum Gasteiger partial charge on any atom is -0.313 e. The molecule has 0 heterocycles. The molecule has 3 unspecified atom stereocenters. The molecule has 1 fully saturated rings. The number of hydrogen-bond donors (Lipinski definition) is 1. The van der Waals surface area contributed by atoms with E-state index in [1.54, 1.807) is 0 Å². The summed E-state index contributed by atoms with van der Waals surface area (Å²) in [7, 11) is 0. The summed E-state index contributed by atoms with van der Waals surface area (Å²) in [6, 6.07) is 0.775. The van der Waals surface area contributed by atoms with E-state index in [2.05, 4.69) is 37.8 Å². The van der Waals surface area contributed by atoms with Gasteiger partial charge < -0.3 is 5.32 Å². The molecule has 1 nitrogen and oxygen atoms in total. The Balaban J connectivity index is 2.45. The van der Waals surface area contributed by atoms with Crippen LogP contribution in [0.3, 0.4) is 0 Å². The number of hydrogen-bond acceptors (Lipinski definition) is 2. The van der Waals surface area contributed by atoms with Crippen molar-refractivity contribution in [2.24, 2.45) is 0 Å². The molecule has 1 rings (SSSR count). The zero-order valence-corrected chi connectivity index (χ0v) is 11.4. The third-order valence-electron chi connectivity index (χ3n) is 3.40. The summed E-state index contributed by atoms with van der Waals surface area (Å²) in [5, 5.41) is 5.37. The third-order valence-corrected chi connectivity index (χ3v) is 5.11. The Morgan fingerprint density at radius 2 is 1.93 bits per heavy atom. The van der Waals surface area contributed by atoms with Crippen LogP contribution in [-0.2, 0) is 0 Å². The lowest BCUT2D eigenvalue weighted by Crippen LogP contribution is -2.38. The minimum absolute atomic E-state index is 0.775. The largest absolute Gasteiger partial charge is 0.313 e. The van der Waals surface area contributed by atoms with Crippen molar-refractivity contribution in [3.05, 3.63) is 0 Å². The molecule has 0 radical (unpaired) electrons. The fraction of sp³-hybridized carbons (Fsp3) is 1.00. The second-order valence-corrected chi connectivity index (χ2v) is 6.38. The predicted octanol–water partition coefficient (Wildman–Crippen LogP) is 3.83. The van der Waals surface area contributed by atoms with Crippen LogP contribution in [0.25, 0.3) is 0 Å². The highest BCUT2D eigenvalue weighted by Crippen LogP contribution is 2.31. The van der Waals surface area contributed by atoms with Crippen LogP contribution < -0.4 is 5.32 Å². The zero-order valence-electron chi connectivity index (χ0n) is 10.6. The molecule has 0 aromatic rings. The Bertz CT molecular complexity index is 161. The van der Waals surface area contributed by atoms with E-state index < -0.39 is 0 Å². The number of thioether (sulfide) groups is 1. The van der Waals surface area contributed by atoms with Crippen molar-refractivity contribution in [2.75, 3.05) is 6.54 Å². The van der Waals surface area contributed by atoms with E-state index in [-0.39, 0.29) is 0 Å². The van der Waals surface area contributed by atoms with Crippen molar-refractivity contribution >= 4 is 11.8 Å². The van der Waals surface area contributed by atoms with Crippen LogP contribution in [0, 0.1) is 0 Å². The van der Waals surface area contributed by atoms with Gasteiger partial charge in [0.15, 0.2) is 0 Å². The zero-order chi connectivity index (χ0) is 11.1. The molecule has 1 saturated carbocycles. The molecule has 1 aliphatic rings. The fourth-order valence-electron chi connectivity index (χ4n) is 2.33. The second kappa shape index (κ2) is 7.56. The van der Waals surface area contributed by atoms with Crippen LogP contribution in [0.2, 0.25) is 0 Å². The SMILES string of the molecule is CCNC1CCCCCC1SC(C)CC. The highest BCUT2D eigenvalue weighted by molar-refractivity contribution is 8.00. The van der Waals surface area contributed by atoms with E-state index in [0.29, 0.717) is 0 Å².